The van der Waals surface area contributed by atoms with Gasteiger partial charge in [0.15, 0.2) is 5.60 Å². The fraction of sp³-hybridized carbons (Fsp3) is 0.176. The fourth-order valence-corrected chi connectivity index (χ4v) is 2.23. The van der Waals surface area contributed by atoms with Crippen molar-refractivity contribution in [1.82, 2.24) is 4.90 Å². The molecule has 2 aromatic carbocycles. The molecule has 0 bridgehead atoms. The van der Waals surface area contributed by atoms with Crippen LogP contribution in [0.5, 0.6) is 0 Å². The summed E-state index contributed by atoms with van der Waals surface area (Å²) in [7, 11) is 1.50. The van der Waals surface area contributed by atoms with E-state index in [9.17, 15) is 9.90 Å². The summed E-state index contributed by atoms with van der Waals surface area (Å²) in [6.07, 6.45) is 0. The van der Waals surface area contributed by atoms with Gasteiger partial charge in [-0.1, -0.05) is 60.7 Å². The first-order chi connectivity index (χ1) is 10.1. The first-order valence-electron chi connectivity index (χ1n) is 6.56. The molecule has 0 atom stereocenters. The average molecular weight is 280 g/mol. The zero-order valence-electron chi connectivity index (χ0n) is 11.7. The third kappa shape index (κ3) is 2.78. The number of benzene rings is 2. The number of hydrogen-bond donors (Lipinski definition) is 1. The van der Waals surface area contributed by atoms with Crippen molar-refractivity contribution in [3.8, 4) is 6.07 Å². The van der Waals surface area contributed by atoms with Gasteiger partial charge in [-0.2, -0.15) is 5.26 Å². The van der Waals surface area contributed by atoms with E-state index in [1.165, 1.54) is 11.9 Å². The van der Waals surface area contributed by atoms with E-state index in [2.05, 4.69) is 0 Å². The number of likely N-dealkylation sites (N-methyl/N-ethyl adjacent to an activating group) is 1. The quantitative estimate of drug-likeness (QED) is 0.870. The predicted molar refractivity (Wildman–Crippen MR) is 79.1 cm³/mol. The van der Waals surface area contributed by atoms with Crippen molar-refractivity contribution in [3.05, 3.63) is 71.8 Å². The molecule has 0 radical (unpaired) electrons. The number of carbonyl (C=O) groups is 1. The molecule has 0 aliphatic carbocycles. The van der Waals surface area contributed by atoms with Crippen molar-refractivity contribution in [2.24, 2.45) is 0 Å². The molecule has 1 amide bonds. The molecule has 1 N–H and O–H groups in total. The Bertz CT molecular complexity index is 608. The summed E-state index contributed by atoms with van der Waals surface area (Å²) in [5, 5.41) is 19.9. The SMILES string of the molecule is CN(CC#N)C(=O)C(O)(c1ccccc1)c1ccccc1. The van der Waals surface area contributed by atoms with Crippen LogP contribution in [0.2, 0.25) is 0 Å². The maximum atomic E-state index is 12.7. The van der Waals surface area contributed by atoms with E-state index in [0.717, 1.165) is 0 Å². The molecule has 0 heterocycles. The lowest BCUT2D eigenvalue weighted by molar-refractivity contribution is -0.146. The number of amides is 1. The van der Waals surface area contributed by atoms with Gasteiger partial charge in [0.25, 0.3) is 5.91 Å². The Hall–Kier alpha value is -2.64. The molecular formula is C17H16N2O2. The van der Waals surface area contributed by atoms with Gasteiger partial charge in [-0.3, -0.25) is 4.79 Å². The largest absolute Gasteiger partial charge is 0.372 e. The van der Waals surface area contributed by atoms with Crippen LogP contribution < -0.4 is 0 Å². The van der Waals surface area contributed by atoms with Gasteiger partial charge in [-0.15, -0.1) is 0 Å². The maximum Gasteiger partial charge on any atom is 0.264 e. The maximum absolute atomic E-state index is 12.7. The molecule has 4 nitrogen and oxygen atoms in total. The highest BCUT2D eigenvalue weighted by atomic mass is 16.3. The average Bonchev–Trinajstić information content (AvgIpc) is 2.55. The fourth-order valence-electron chi connectivity index (χ4n) is 2.23. The summed E-state index contributed by atoms with van der Waals surface area (Å²) in [6, 6.07) is 19.4. The monoisotopic (exact) mass is 280 g/mol. The van der Waals surface area contributed by atoms with E-state index < -0.39 is 11.5 Å². The highest BCUT2D eigenvalue weighted by molar-refractivity contribution is 5.90. The Morgan fingerprint density at radius 2 is 1.52 bits per heavy atom. The van der Waals surface area contributed by atoms with Crippen LogP contribution in [0.4, 0.5) is 0 Å². The van der Waals surface area contributed by atoms with E-state index in [-0.39, 0.29) is 6.54 Å². The smallest absolute Gasteiger partial charge is 0.264 e. The van der Waals surface area contributed by atoms with Crippen LogP contribution in [0.3, 0.4) is 0 Å². The second-order valence-corrected chi connectivity index (χ2v) is 4.76. The molecule has 0 fully saturated rings. The van der Waals surface area contributed by atoms with Gasteiger partial charge in [0.05, 0.1) is 6.07 Å². The van der Waals surface area contributed by atoms with Crippen LogP contribution in [-0.2, 0) is 10.4 Å². The molecule has 0 aliphatic rings. The summed E-state index contributed by atoms with van der Waals surface area (Å²) in [5.74, 6) is -0.526. The zero-order chi connectivity index (χ0) is 15.3. The first-order valence-corrected chi connectivity index (χ1v) is 6.56. The molecular weight excluding hydrogens is 264 g/mol. The molecule has 21 heavy (non-hydrogen) atoms. The lowest BCUT2D eigenvalue weighted by Crippen LogP contribution is -2.46. The summed E-state index contributed by atoms with van der Waals surface area (Å²) >= 11 is 0. The number of carbonyl (C=O) groups excluding carboxylic acids is 1. The number of nitrogens with zero attached hydrogens (tertiary/aromatic N) is 2. The molecule has 0 unspecified atom stereocenters. The third-order valence-corrected chi connectivity index (χ3v) is 3.35. The van der Waals surface area contributed by atoms with E-state index in [1.807, 2.05) is 18.2 Å². The van der Waals surface area contributed by atoms with Crippen LogP contribution in [-0.4, -0.2) is 29.5 Å². The molecule has 0 aromatic heterocycles. The van der Waals surface area contributed by atoms with Gasteiger partial charge in [0.1, 0.15) is 6.54 Å². The first kappa shape index (κ1) is 14.8. The summed E-state index contributed by atoms with van der Waals surface area (Å²) in [5.41, 5.74) is -0.842. The van der Waals surface area contributed by atoms with Gasteiger partial charge in [0, 0.05) is 7.05 Å². The van der Waals surface area contributed by atoms with E-state index in [0.29, 0.717) is 11.1 Å². The van der Waals surface area contributed by atoms with Gasteiger partial charge >= 0.3 is 0 Å². The van der Waals surface area contributed by atoms with Crippen LogP contribution in [0.1, 0.15) is 11.1 Å². The summed E-state index contributed by atoms with van der Waals surface area (Å²) in [6.45, 7) is -0.0825. The van der Waals surface area contributed by atoms with Crippen LogP contribution in [0.15, 0.2) is 60.7 Å². The van der Waals surface area contributed by atoms with Gasteiger partial charge < -0.3 is 10.0 Å². The Balaban J connectivity index is 2.56. The molecule has 2 aromatic rings. The van der Waals surface area contributed by atoms with Crippen molar-refractivity contribution < 1.29 is 9.90 Å². The van der Waals surface area contributed by atoms with Crippen molar-refractivity contribution in [1.29, 1.82) is 5.26 Å². The number of aliphatic hydroxyl groups is 1. The van der Waals surface area contributed by atoms with Gasteiger partial charge in [-0.25, -0.2) is 0 Å². The van der Waals surface area contributed by atoms with Crippen molar-refractivity contribution in [2.45, 2.75) is 5.60 Å². The lowest BCUT2D eigenvalue weighted by atomic mass is 9.85. The number of nitriles is 1. The minimum Gasteiger partial charge on any atom is -0.372 e. The highest BCUT2D eigenvalue weighted by Crippen LogP contribution is 2.31. The Morgan fingerprint density at radius 1 is 1.10 bits per heavy atom. The van der Waals surface area contributed by atoms with Gasteiger partial charge in [0.2, 0.25) is 0 Å². The summed E-state index contributed by atoms with van der Waals surface area (Å²) < 4.78 is 0. The van der Waals surface area contributed by atoms with Crippen molar-refractivity contribution in [3.63, 3.8) is 0 Å². The topological polar surface area (TPSA) is 64.3 Å². The third-order valence-electron chi connectivity index (χ3n) is 3.35. The standard InChI is InChI=1S/C17H16N2O2/c1-19(13-12-18)16(20)17(21,14-8-4-2-5-9-14)15-10-6-3-7-11-15/h2-11,21H,13H2,1H3. The molecule has 0 aliphatic heterocycles. The predicted octanol–water partition coefficient (Wildman–Crippen LogP) is 1.90. The Labute approximate surface area is 123 Å². The Kier molecular flexibility index (Phi) is 4.36. The van der Waals surface area contributed by atoms with E-state index >= 15 is 0 Å². The minimum atomic E-state index is -1.80. The number of hydrogen-bond acceptors (Lipinski definition) is 3. The zero-order valence-corrected chi connectivity index (χ0v) is 11.7. The van der Waals surface area contributed by atoms with Gasteiger partial charge in [-0.05, 0) is 11.1 Å². The molecule has 4 heteroatoms. The van der Waals surface area contributed by atoms with Crippen molar-refractivity contribution >= 4 is 5.91 Å². The molecule has 0 saturated carbocycles. The highest BCUT2D eigenvalue weighted by Gasteiger charge is 2.41. The second-order valence-electron chi connectivity index (χ2n) is 4.76. The summed E-state index contributed by atoms with van der Waals surface area (Å²) in [4.78, 5) is 13.9. The molecule has 0 saturated heterocycles. The van der Waals surface area contributed by atoms with Crippen molar-refractivity contribution in [2.75, 3.05) is 13.6 Å². The minimum absolute atomic E-state index is 0.0825. The second kappa shape index (κ2) is 6.21. The number of rotatable bonds is 4. The van der Waals surface area contributed by atoms with E-state index in [1.54, 1.807) is 48.5 Å². The van der Waals surface area contributed by atoms with E-state index in [4.69, 9.17) is 5.26 Å². The molecule has 2 rings (SSSR count). The molecule has 106 valence electrons. The molecule has 0 spiro atoms. The van der Waals surface area contributed by atoms with Crippen LogP contribution in [0, 0.1) is 11.3 Å². The van der Waals surface area contributed by atoms with Crippen LogP contribution >= 0.6 is 0 Å². The lowest BCUT2D eigenvalue weighted by Gasteiger charge is -2.31. The normalized spacial score (nSPS) is 10.7. The Morgan fingerprint density at radius 3 is 1.90 bits per heavy atom. The van der Waals surface area contributed by atoms with Crippen LogP contribution in [0.25, 0.3) is 0 Å².